The number of nitrogens with one attached hydrogen (secondary N) is 2. The van der Waals surface area contributed by atoms with Crippen molar-refractivity contribution in [1.29, 1.82) is 0 Å². The van der Waals surface area contributed by atoms with E-state index in [-0.39, 0.29) is 125 Å². The molecule has 0 radical (unpaired) electrons. The monoisotopic (exact) mass is 833 g/mol. The van der Waals surface area contributed by atoms with Crippen LogP contribution in [0.3, 0.4) is 0 Å². The first-order valence-electron chi connectivity index (χ1n) is 13.6. The minimum absolute atomic E-state index is 0. The molecule has 0 bridgehead atoms. The number of ether oxygens (including phenoxy) is 1. The van der Waals surface area contributed by atoms with Crippen molar-refractivity contribution in [2.75, 3.05) is 37.8 Å². The van der Waals surface area contributed by atoms with Gasteiger partial charge in [-0.25, -0.2) is 19.3 Å². The van der Waals surface area contributed by atoms with Crippen molar-refractivity contribution >= 4 is 64.9 Å². The van der Waals surface area contributed by atoms with Gasteiger partial charge in [-0.15, -0.1) is 0 Å². The summed E-state index contributed by atoms with van der Waals surface area (Å²) in [5.41, 5.74) is 4.15. The molecule has 23 nitrogen and oxygen atoms in total. The van der Waals surface area contributed by atoms with Gasteiger partial charge in [-0.2, -0.15) is 12.6 Å². The van der Waals surface area contributed by atoms with Gasteiger partial charge in [0.25, 0.3) is 23.5 Å². The molecule has 1 aliphatic heterocycles. The second-order valence-corrected chi connectivity index (χ2v) is 15.3. The molecule has 1 aliphatic rings. The Morgan fingerprint density at radius 2 is 1.73 bits per heavy atom. The average molecular weight is 833 g/mol. The van der Waals surface area contributed by atoms with E-state index >= 15 is 0 Å². The summed E-state index contributed by atoms with van der Waals surface area (Å²) in [6.07, 6.45) is -7.21. The van der Waals surface area contributed by atoms with E-state index in [9.17, 15) is 53.1 Å². The van der Waals surface area contributed by atoms with Crippen LogP contribution in [0.25, 0.3) is 11.2 Å². The first-order valence-corrected chi connectivity index (χ1v) is 18.7. The molecule has 30 heteroatoms. The number of hydrogen-bond donors (Lipinski definition) is 7. The van der Waals surface area contributed by atoms with Gasteiger partial charge in [0.2, 0.25) is 11.8 Å². The molecule has 3 heterocycles. The van der Waals surface area contributed by atoms with Gasteiger partial charge in [-0.05, 0) is 0 Å². The molecule has 7 N–H and O–H groups in total. The van der Waals surface area contributed by atoms with E-state index in [2.05, 4.69) is 56.1 Å². The van der Waals surface area contributed by atoms with Crippen molar-refractivity contribution < 1.29 is 164 Å². The summed E-state index contributed by atoms with van der Waals surface area (Å²) in [5, 5.41) is 26.0. The van der Waals surface area contributed by atoms with Crippen LogP contribution in [0.15, 0.2) is 12.7 Å². The van der Waals surface area contributed by atoms with Crippen molar-refractivity contribution in [3.05, 3.63) is 12.7 Å². The fourth-order valence-corrected chi connectivity index (χ4v) is 6.97. The zero-order valence-corrected chi connectivity index (χ0v) is 37.7. The minimum Gasteiger partial charge on any atom is -0.756 e. The number of fused-ring (bicyclic) bond motifs is 1. The van der Waals surface area contributed by atoms with E-state index in [1.807, 2.05) is 0 Å². The van der Waals surface area contributed by atoms with Gasteiger partial charge in [-0.3, -0.25) is 27.9 Å². The van der Waals surface area contributed by atoms with Gasteiger partial charge < -0.3 is 64.5 Å². The first-order chi connectivity index (χ1) is 22.2. The maximum Gasteiger partial charge on any atom is 1.00 e. The van der Waals surface area contributed by atoms with E-state index in [1.54, 1.807) is 0 Å². The third kappa shape index (κ3) is 15.7. The Hall–Kier alpha value is 0.890. The number of hydrogen-bond acceptors (Lipinski definition) is 20. The van der Waals surface area contributed by atoms with Gasteiger partial charge in [0.1, 0.15) is 36.3 Å². The first kappa shape index (κ1) is 51.9. The van der Waals surface area contributed by atoms with Gasteiger partial charge in [0, 0.05) is 30.7 Å². The third-order valence-corrected chi connectivity index (χ3v) is 9.74. The van der Waals surface area contributed by atoms with E-state index in [0.29, 0.717) is 12.3 Å². The zero-order chi connectivity index (χ0) is 36.1. The number of phosphoric acid groups is 3. The predicted octanol–water partition coefficient (Wildman–Crippen LogP) is -12.5. The van der Waals surface area contributed by atoms with Crippen LogP contribution in [-0.2, 0) is 45.9 Å². The molecular formula is C21H33N7Na3O16P3S. The summed E-state index contributed by atoms with van der Waals surface area (Å²) in [5.74, 6) is -1.03. The summed E-state index contributed by atoms with van der Waals surface area (Å²) in [6, 6.07) is 0. The van der Waals surface area contributed by atoms with Crippen molar-refractivity contribution in [1.82, 2.24) is 30.2 Å². The van der Waals surface area contributed by atoms with Crippen LogP contribution in [0.5, 0.6) is 0 Å². The molecule has 2 amide bonds. The summed E-state index contributed by atoms with van der Waals surface area (Å²) < 4.78 is 60.4. The van der Waals surface area contributed by atoms with Crippen molar-refractivity contribution in [3.63, 3.8) is 0 Å². The molecule has 0 aliphatic carbocycles. The molecule has 0 aromatic carbocycles. The molecule has 1 fully saturated rings. The normalized spacial score (nSPS) is 22.9. The average Bonchev–Trinajstić information content (AvgIpc) is 3.54. The Morgan fingerprint density at radius 1 is 1.10 bits per heavy atom. The number of nitrogens with zero attached hydrogens (tertiary/aromatic N) is 4. The molecule has 51 heavy (non-hydrogen) atoms. The minimum atomic E-state index is -5.87. The number of carbonyl (C=O) groups is 2. The van der Waals surface area contributed by atoms with Crippen LogP contribution < -0.4 is 120 Å². The zero-order valence-electron chi connectivity index (χ0n) is 28.1. The number of thiol groups is 1. The number of nitrogens with two attached hydrogens (primary N) is 1. The van der Waals surface area contributed by atoms with Crippen LogP contribution in [0, 0.1) is 5.41 Å². The molecule has 1 saturated heterocycles. The molecule has 2 aromatic rings. The largest absolute Gasteiger partial charge is 1.00 e. The quantitative estimate of drug-likeness (QED) is 0.0416. The fraction of sp³-hybridized carbons (Fsp3) is 0.667. The number of nitrogen functional groups attached to an aromatic ring is 1. The second-order valence-electron chi connectivity index (χ2n) is 10.7. The predicted molar refractivity (Wildman–Crippen MR) is 157 cm³/mol. The molecular weight excluding hydrogens is 800 g/mol. The topological polar surface area (TPSA) is 355 Å². The maximum atomic E-state index is 12.4. The van der Waals surface area contributed by atoms with Crippen LogP contribution in [0.4, 0.5) is 5.82 Å². The molecule has 2 aromatic heterocycles. The number of aromatic nitrogens is 4. The number of aliphatic hydroxyl groups is 2. The van der Waals surface area contributed by atoms with Crippen molar-refractivity contribution in [3.8, 4) is 0 Å². The number of rotatable bonds is 18. The molecule has 0 spiro atoms. The van der Waals surface area contributed by atoms with Gasteiger partial charge in [0.15, 0.2) is 17.7 Å². The molecule has 3 rings (SSSR count). The smallest absolute Gasteiger partial charge is 0.756 e. The fourth-order valence-electron chi connectivity index (χ4n) is 4.12. The van der Waals surface area contributed by atoms with Gasteiger partial charge >= 0.3 is 88.7 Å². The summed E-state index contributed by atoms with van der Waals surface area (Å²) in [4.78, 5) is 81.0. The third-order valence-electron chi connectivity index (χ3n) is 6.49. The maximum absolute atomic E-state index is 12.4. The molecule has 8 atom stereocenters. The van der Waals surface area contributed by atoms with Crippen LogP contribution in [0.2, 0.25) is 0 Å². The van der Waals surface area contributed by atoms with Gasteiger partial charge in [-0.1, -0.05) is 13.8 Å². The summed E-state index contributed by atoms with van der Waals surface area (Å²) in [7, 11) is -17.2. The number of aliphatic hydroxyl groups excluding tert-OH is 2. The number of phosphoric ester groups is 3. The van der Waals surface area contributed by atoms with E-state index in [4.69, 9.17) is 10.5 Å². The molecule has 6 unspecified atom stereocenters. The van der Waals surface area contributed by atoms with Crippen LogP contribution >= 0.6 is 36.1 Å². The molecule has 272 valence electrons. The number of carbonyl (C=O) groups excluding carboxylic acids is 2. The standard InChI is InChI=1S/C21H36N7O16P3S.3Na/c1-21(2,16(31)19(32)24-4-3-12(29)23-5-6-48)8-41-47(38,39)44-46(36,37)40-7-11-15(43-45(33,34)35)14(30)20(42-11)28-10-27-13-17(22)25-9-26-18(13)28;;;/h9-11,14-16,20,30-31,48H,3-8H2,1-2H3,(H,23,29)(H,24,32)(H,36,37)(H,38,39)(H2,22,25,26)(H2,33,34,35);;;/q;3*+1/p-3/t11-,14?,15?,16?,20-;;;/m0.../s1. The van der Waals surface area contributed by atoms with Crippen molar-refractivity contribution in [2.45, 2.75) is 50.9 Å². The Bertz CT molecular complexity index is 1610. The van der Waals surface area contributed by atoms with E-state index in [0.717, 1.165) is 17.2 Å². The van der Waals surface area contributed by atoms with Crippen molar-refractivity contribution in [2.24, 2.45) is 5.41 Å². The van der Waals surface area contributed by atoms with Crippen LogP contribution in [0.1, 0.15) is 26.5 Å². The Morgan fingerprint density at radius 3 is 2.33 bits per heavy atom. The SMILES string of the molecule is CC(C)(COP(=O)([O-])OP(=O)([O-])OC[C@@H]1O[C@H](n2cnc3c(N)ncnc32)C(O)C1OP(=O)([O-])O)C(O)C(=O)NCCC(=O)NCCS.[Na+].[Na+].[Na+]. The second kappa shape index (κ2) is 22.0. The number of amides is 2. The Kier molecular flexibility index (Phi) is 22.4. The number of imidazole rings is 1. The molecule has 0 saturated carbocycles. The number of anilines is 1. The van der Waals surface area contributed by atoms with E-state index in [1.165, 1.54) is 13.8 Å². The Labute approximate surface area is 362 Å². The summed E-state index contributed by atoms with van der Waals surface area (Å²) >= 11 is 3.94. The van der Waals surface area contributed by atoms with Gasteiger partial charge in [0.05, 0.1) is 19.5 Å². The summed E-state index contributed by atoms with van der Waals surface area (Å²) in [6.45, 7) is 0.374. The Balaban J connectivity index is 0.00000833. The van der Waals surface area contributed by atoms with E-state index < -0.39 is 78.6 Å². The van der Waals surface area contributed by atoms with Crippen LogP contribution in [-0.4, -0.2) is 103 Å².